The third-order valence-corrected chi connectivity index (χ3v) is 5.32. The molecule has 0 saturated carbocycles. The fourth-order valence-corrected chi connectivity index (χ4v) is 3.49. The van der Waals surface area contributed by atoms with Crippen LogP contribution in [0.25, 0.3) is 11.4 Å². The first-order valence-electron chi connectivity index (χ1n) is 10.9. The SMILES string of the molecule is CCCCCCCCCCCCCCCc1nc(-c2ccc(Cl)cc2)no1. The molecule has 0 amide bonds. The molecule has 0 aliphatic heterocycles. The Kier molecular flexibility index (Phi) is 11.2. The summed E-state index contributed by atoms with van der Waals surface area (Å²) in [6.45, 7) is 2.28. The van der Waals surface area contributed by atoms with Crippen molar-refractivity contribution in [1.29, 1.82) is 0 Å². The third-order valence-electron chi connectivity index (χ3n) is 5.06. The van der Waals surface area contributed by atoms with E-state index in [4.69, 9.17) is 16.1 Å². The van der Waals surface area contributed by atoms with Crippen molar-refractivity contribution >= 4 is 11.6 Å². The molecule has 27 heavy (non-hydrogen) atoms. The van der Waals surface area contributed by atoms with Gasteiger partial charge >= 0.3 is 0 Å². The first-order valence-corrected chi connectivity index (χ1v) is 11.3. The molecule has 0 atom stereocenters. The molecular weight excluding hydrogens is 356 g/mol. The number of aryl methyl sites for hydroxylation is 1. The maximum atomic E-state index is 5.91. The lowest BCUT2D eigenvalue weighted by Crippen LogP contribution is -1.87. The van der Waals surface area contributed by atoms with E-state index in [1.807, 2.05) is 24.3 Å². The molecule has 1 aromatic heterocycles. The number of unbranched alkanes of at least 4 members (excludes halogenated alkanes) is 12. The van der Waals surface area contributed by atoms with Crippen LogP contribution in [0, 0.1) is 0 Å². The zero-order chi connectivity index (χ0) is 19.2. The molecule has 0 unspecified atom stereocenters. The molecule has 0 bridgehead atoms. The van der Waals surface area contributed by atoms with Crippen molar-refractivity contribution in [3.63, 3.8) is 0 Å². The summed E-state index contributed by atoms with van der Waals surface area (Å²) >= 11 is 5.91. The van der Waals surface area contributed by atoms with E-state index >= 15 is 0 Å². The fourth-order valence-electron chi connectivity index (χ4n) is 3.37. The molecule has 0 saturated heterocycles. The van der Waals surface area contributed by atoms with E-state index in [-0.39, 0.29) is 0 Å². The topological polar surface area (TPSA) is 38.9 Å². The Morgan fingerprint density at radius 2 is 1.26 bits per heavy atom. The second kappa shape index (κ2) is 13.8. The van der Waals surface area contributed by atoms with Gasteiger partial charge in [0.05, 0.1) is 0 Å². The lowest BCUT2D eigenvalue weighted by molar-refractivity contribution is 0.373. The molecule has 0 spiro atoms. The largest absolute Gasteiger partial charge is 0.339 e. The summed E-state index contributed by atoms with van der Waals surface area (Å²) in [5, 5.41) is 4.78. The van der Waals surface area contributed by atoms with Crippen molar-refractivity contribution in [3.05, 3.63) is 35.2 Å². The number of hydrogen-bond donors (Lipinski definition) is 0. The Labute approximate surface area is 169 Å². The van der Waals surface area contributed by atoms with Crippen molar-refractivity contribution in [2.75, 3.05) is 0 Å². The molecule has 0 N–H and O–H groups in total. The Hall–Kier alpha value is -1.35. The molecule has 0 fully saturated rings. The smallest absolute Gasteiger partial charge is 0.226 e. The van der Waals surface area contributed by atoms with E-state index in [0.717, 1.165) is 29.3 Å². The van der Waals surface area contributed by atoms with E-state index in [0.29, 0.717) is 5.82 Å². The predicted molar refractivity (Wildman–Crippen MR) is 114 cm³/mol. The van der Waals surface area contributed by atoms with Crippen molar-refractivity contribution in [2.24, 2.45) is 0 Å². The van der Waals surface area contributed by atoms with Crippen LogP contribution in [0.2, 0.25) is 5.02 Å². The quantitative estimate of drug-likeness (QED) is 0.289. The zero-order valence-corrected chi connectivity index (χ0v) is 17.6. The maximum absolute atomic E-state index is 5.91. The summed E-state index contributed by atoms with van der Waals surface area (Å²) in [6.07, 6.45) is 18.6. The fraction of sp³-hybridized carbons (Fsp3) is 0.652. The minimum Gasteiger partial charge on any atom is -0.339 e. The van der Waals surface area contributed by atoms with Gasteiger partial charge in [0.25, 0.3) is 0 Å². The summed E-state index contributed by atoms with van der Waals surface area (Å²) in [5.41, 5.74) is 0.944. The Bertz CT molecular complexity index is 609. The predicted octanol–water partition coefficient (Wildman–Crippen LogP) is 8.02. The van der Waals surface area contributed by atoms with Crippen LogP contribution in [-0.2, 0) is 6.42 Å². The molecular formula is C23H35ClN2O. The number of benzene rings is 1. The number of nitrogens with zero attached hydrogens (tertiary/aromatic N) is 2. The molecule has 150 valence electrons. The van der Waals surface area contributed by atoms with Crippen LogP contribution in [0.5, 0.6) is 0 Å². The van der Waals surface area contributed by atoms with Gasteiger partial charge in [-0.15, -0.1) is 0 Å². The van der Waals surface area contributed by atoms with Crippen LogP contribution in [0.15, 0.2) is 28.8 Å². The Morgan fingerprint density at radius 3 is 1.81 bits per heavy atom. The van der Waals surface area contributed by atoms with Gasteiger partial charge in [-0.05, 0) is 30.7 Å². The van der Waals surface area contributed by atoms with Crippen LogP contribution >= 0.6 is 11.6 Å². The molecule has 1 aromatic carbocycles. The Morgan fingerprint density at radius 1 is 0.741 bits per heavy atom. The molecule has 0 aliphatic rings. The summed E-state index contributed by atoms with van der Waals surface area (Å²) in [5.74, 6) is 1.39. The second-order valence-corrected chi connectivity index (χ2v) is 7.95. The highest BCUT2D eigenvalue weighted by Crippen LogP contribution is 2.19. The highest BCUT2D eigenvalue weighted by atomic mass is 35.5. The van der Waals surface area contributed by atoms with Gasteiger partial charge in [-0.3, -0.25) is 0 Å². The van der Waals surface area contributed by atoms with E-state index in [1.165, 1.54) is 77.0 Å². The highest BCUT2D eigenvalue weighted by Gasteiger charge is 2.08. The number of hydrogen-bond acceptors (Lipinski definition) is 3. The van der Waals surface area contributed by atoms with E-state index in [1.54, 1.807) is 0 Å². The number of rotatable bonds is 15. The van der Waals surface area contributed by atoms with E-state index in [2.05, 4.69) is 17.1 Å². The Balaban J connectivity index is 1.45. The van der Waals surface area contributed by atoms with Gasteiger partial charge < -0.3 is 4.52 Å². The highest BCUT2D eigenvalue weighted by molar-refractivity contribution is 6.30. The standard InChI is InChI=1S/C23H35ClN2O/c1-2-3-4-5-6-7-8-9-10-11-12-13-14-15-22-25-23(26-27-22)20-16-18-21(24)19-17-20/h16-19H,2-15H2,1H3. The summed E-state index contributed by atoms with van der Waals surface area (Å²) in [4.78, 5) is 4.48. The van der Waals surface area contributed by atoms with Crippen molar-refractivity contribution in [2.45, 2.75) is 96.8 Å². The van der Waals surface area contributed by atoms with Gasteiger partial charge in [-0.1, -0.05) is 101 Å². The minimum atomic E-state index is 0.649. The van der Waals surface area contributed by atoms with Gasteiger partial charge in [-0.2, -0.15) is 4.98 Å². The monoisotopic (exact) mass is 390 g/mol. The first-order chi connectivity index (χ1) is 13.3. The molecule has 0 radical (unpaired) electrons. The molecule has 3 nitrogen and oxygen atoms in total. The lowest BCUT2D eigenvalue weighted by atomic mass is 10.0. The van der Waals surface area contributed by atoms with Gasteiger partial charge in [0, 0.05) is 17.0 Å². The summed E-state index contributed by atoms with van der Waals surface area (Å²) in [7, 11) is 0. The molecule has 2 rings (SSSR count). The molecule has 1 heterocycles. The first kappa shape index (κ1) is 21.9. The maximum Gasteiger partial charge on any atom is 0.226 e. The zero-order valence-electron chi connectivity index (χ0n) is 16.9. The van der Waals surface area contributed by atoms with Crippen LogP contribution in [0.1, 0.15) is 96.3 Å². The number of halogens is 1. The number of aromatic nitrogens is 2. The van der Waals surface area contributed by atoms with E-state index in [9.17, 15) is 0 Å². The molecule has 4 heteroatoms. The van der Waals surface area contributed by atoms with Crippen molar-refractivity contribution in [3.8, 4) is 11.4 Å². The van der Waals surface area contributed by atoms with Crippen LogP contribution in [-0.4, -0.2) is 10.1 Å². The second-order valence-electron chi connectivity index (χ2n) is 7.51. The van der Waals surface area contributed by atoms with Gasteiger partial charge in [-0.25, -0.2) is 0 Å². The van der Waals surface area contributed by atoms with Gasteiger partial charge in [0.15, 0.2) is 0 Å². The summed E-state index contributed by atoms with van der Waals surface area (Å²) < 4.78 is 5.36. The van der Waals surface area contributed by atoms with Crippen LogP contribution < -0.4 is 0 Å². The van der Waals surface area contributed by atoms with Crippen molar-refractivity contribution in [1.82, 2.24) is 10.1 Å². The van der Waals surface area contributed by atoms with Crippen LogP contribution in [0.3, 0.4) is 0 Å². The third kappa shape index (κ3) is 9.41. The lowest BCUT2D eigenvalue weighted by Gasteiger charge is -2.02. The molecule has 0 aliphatic carbocycles. The van der Waals surface area contributed by atoms with Crippen molar-refractivity contribution < 1.29 is 4.52 Å². The average Bonchev–Trinajstić information content (AvgIpc) is 3.15. The van der Waals surface area contributed by atoms with Gasteiger partial charge in [0.2, 0.25) is 11.7 Å². The normalized spacial score (nSPS) is 11.2. The van der Waals surface area contributed by atoms with Crippen LogP contribution in [0.4, 0.5) is 0 Å². The van der Waals surface area contributed by atoms with E-state index < -0.39 is 0 Å². The summed E-state index contributed by atoms with van der Waals surface area (Å²) in [6, 6.07) is 7.53. The minimum absolute atomic E-state index is 0.649. The molecule has 2 aromatic rings. The van der Waals surface area contributed by atoms with Gasteiger partial charge in [0.1, 0.15) is 0 Å². The average molecular weight is 391 g/mol.